The van der Waals surface area contributed by atoms with Gasteiger partial charge in [0.2, 0.25) is 5.43 Å². The molecule has 0 amide bonds. The number of rotatable bonds is 3. The van der Waals surface area contributed by atoms with Crippen LogP contribution in [-0.4, -0.2) is 46.8 Å². The number of nitrogens with one attached hydrogen (secondary N) is 1. The van der Waals surface area contributed by atoms with Gasteiger partial charge >= 0.3 is 5.97 Å². The summed E-state index contributed by atoms with van der Waals surface area (Å²) in [7, 11) is 0. The zero-order chi connectivity index (χ0) is 15.7. The number of halogens is 1. The molecule has 0 aliphatic carbocycles. The Balaban J connectivity index is 0.00000192. The van der Waals surface area contributed by atoms with Gasteiger partial charge in [0, 0.05) is 50.8 Å². The predicted octanol–water partition coefficient (Wildman–Crippen LogP) is 1.03. The van der Waals surface area contributed by atoms with Crippen LogP contribution in [-0.2, 0) is 0 Å². The van der Waals surface area contributed by atoms with Gasteiger partial charge in [-0.2, -0.15) is 0 Å². The second kappa shape index (κ2) is 6.80. The molecule has 1 saturated heterocycles. The van der Waals surface area contributed by atoms with E-state index >= 15 is 0 Å². The van der Waals surface area contributed by atoms with Crippen LogP contribution in [0.5, 0.6) is 0 Å². The molecule has 3 rings (SSSR count). The standard InChI is InChI=1S/C15H16N4O3.ClH/c1-2-18-9-11(15(21)22)14(20)10-8-17-13(7-12(10)18)19-5-3-16-4-6-19;/h2,7-9,16H,1,3-6H2,(H,21,22);1H. The van der Waals surface area contributed by atoms with Crippen molar-refractivity contribution in [2.75, 3.05) is 31.1 Å². The molecule has 0 radical (unpaired) electrons. The number of carboxylic acid groups (broad SMARTS) is 1. The van der Waals surface area contributed by atoms with Crippen LogP contribution in [0.1, 0.15) is 10.4 Å². The Kier molecular flexibility index (Phi) is 5.02. The summed E-state index contributed by atoms with van der Waals surface area (Å²) in [6.07, 6.45) is 4.22. The average Bonchev–Trinajstić information content (AvgIpc) is 2.55. The number of aromatic nitrogens is 2. The summed E-state index contributed by atoms with van der Waals surface area (Å²) in [5.74, 6) is -0.485. The first-order valence-corrected chi connectivity index (χ1v) is 6.98. The van der Waals surface area contributed by atoms with Gasteiger partial charge in [-0.05, 0) is 0 Å². The van der Waals surface area contributed by atoms with E-state index in [-0.39, 0.29) is 23.4 Å². The monoisotopic (exact) mass is 336 g/mol. The van der Waals surface area contributed by atoms with Gasteiger partial charge in [-0.25, -0.2) is 9.78 Å². The number of fused-ring (bicyclic) bond motifs is 1. The van der Waals surface area contributed by atoms with Gasteiger partial charge in [0.15, 0.2) is 0 Å². The first-order valence-electron chi connectivity index (χ1n) is 6.98. The lowest BCUT2D eigenvalue weighted by Gasteiger charge is -2.28. The number of aromatic carboxylic acids is 1. The third-order valence-electron chi connectivity index (χ3n) is 3.77. The maximum absolute atomic E-state index is 12.2. The van der Waals surface area contributed by atoms with Crippen molar-refractivity contribution in [2.45, 2.75) is 0 Å². The fourth-order valence-electron chi connectivity index (χ4n) is 2.61. The topological polar surface area (TPSA) is 87.5 Å². The fourth-order valence-corrected chi connectivity index (χ4v) is 2.61. The highest BCUT2D eigenvalue weighted by molar-refractivity contribution is 5.93. The van der Waals surface area contributed by atoms with Crippen LogP contribution < -0.4 is 15.6 Å². The maximum atomic E-state index is 12.2. The molecule has 2 N–H and O–H groups in total. The number of carbonyl (C=O) groups is 1. The molecule has 0 saturated carbocycles. The smallest absolute Gasteiger partial charge is 0.341 e. The van der Waals surface area contributed by atoms with Crippen molar-refractivity contribution in [3.63, 3.8) is 0 Å². The van der Waals surface area contributed by atoms with Crippen LogP contribution in [0.15, 0.2) is 29.8 Å². The minimum absolute atomic E-state index is 0. The molecule has 2 aromatic rings. The Bertz CT molecular complexity index is 812. The van der Waals surface area contributed by atoms with E-state index in [0.717, 1.165) is 32.0 Å². The Labute approximate surface area is 138 Å². The molecule has 2 aromatic heterocycles. The summed E-state index contributed by atoms with van der Waals surface area (Å²) in [5, 5.41) is 12.7. The number of hydrogen-bond donors (Lipinski definition) is 2. The minimum Gasteiger partial charge on any atom is -0.477 e. The summed E-state index contributed by atoms with van der Waals surface area (Å²) in [6, 6.07) is 1.80. The van der Waals surface area contributed by atoms with Crippen molar-refractivity contribution in [1.82, 2.24) is 14.9 Å². The van der Waals surface area contributed by atoms with Gasteiger partial charge in [-0.3, -0.25) is 4.79 Å². The van der Waals surface area contributed by atoms with E-state index in [1.165, 1.54) is 18.6 Å². The first-order chi connectivity index (χ1) is 10.6. The van der Waals surface area contributed by atoms with Crippen LogP contribution in [0.2, 0.25) is 0 Å². The van der Waals surface area contributed by atoms with Crippen molar-refractivity contribution in [1.29, 1.82) is 0 Å². The van der Waals surface area contributed by atoms with Crippen LogP contribution in [0.3, 0.4) is 0 Å². The second-order valence-corrected chi connectivity index (χ2v) is 5.06. The van der Waals surface area contributed by atoms with Crippen LogP contribution in [0.25, 0.3) is 17.1 Å². The molecule has 7 nitrogen and oxygen atoms in total. The van der Waals surface area contributed by atoms with E-state index in [4.69, 9.17) is 5.11 Å². The molecule has 1 aliphatic rings. The molecule has 0 unspecified atom stereocenters. The third kappa shape index (κ3) is 3.06. The third-order valence-corrected chi connectivity index (χ3v) is 3.77. The highest BCUT2D eigenvalue weighted by Crippen LogP contribution is 2.19. The van der Waals surface area contributed by atoms with Crippen LogP contribution >= 0.6 is 12.4 Å². The van der Waals surface area contributed by atoms with E-state index in [9.17, 15) is 9.59 Å². The predicted molar refractivity (Wildman–Crippen MR) is 91.7 cm³/mol. The lowest BCUT2D eigenvalue weighted by molar-refractivity contribution is 0.0695. The van der Waals surface area contributed by atoms with E-state index < -0.39 is 11.4 Å². The molecule has 8 heteroatoms. The Morgan fingerprint density at radius 2 is 2.09 bits per heavy atom. The maximum Gasteiger partial charge on any atom is 0.341 e. The average molecular weight is 337 g/mol. The Morgan fingerprint density at radius 1 is 1.39 bits per heavy atom. The van der Waals surface area contributed by atoms with E-state index in [1.54, 1.807) is 10.6 Å². The van der Waals surface area contributed by atoms with Gasteiger partial charge in [0.05, 0.1) is 10.9 Å². The SMILES string of the molecule is C=Cn1cc(C(=O)O)c(=O)c2cnc(N3CCNCC3)cc21.Cl. The molecule has 1 aliphatic heterocycles. The van der Waals surface area contributed by atoms with Gasteiger partial charge in [0.25, 0.3) is 0 Å². The number of anilines is 1. The molecule has 0 bridgehead atoms. The number of carboxylic acids is 1. The van der Waals surface area contributed by atoms with Gasteiger partial charge in [-0.15, -0.1) is 12.4 Å². The molecule has 23 heavy (non-hydrogen) atoms. The minimum atomic E-state index is -1.26. The quantitative estimate of drug-likeness (QED) is 0.870. The number of piperazine rings is 1. The van der Waals surface area contributed by atoms with Gasteiger partial charge in [0.1, 0.15) is 11.4 Å². The number of nitrogens with zero attached hydrogens (tertiary/aromatic N) is 3. The van der Waals surface area contributed by atoms with E-state index in [1.807, 2.05) is 0 Å². The van der Waals surface area contributed by atoms with Gasteiger partial charge in [-0.1, -0.05) is 6.58 Å². The van der Waals surface area contributed by atoms with Crippen molar-refractivity contribution in [3.8, 4) is 0 Å². The highest BCUT2D eigenvalue weighted by atomic mass is 35.5. The van der Waals surface area contributed by atoms with Crippen molar-refractivity contribution in [2.24, 2.45) is 0 Å². The van der Waals surface area contributed by atoms with Crippen molar-refractivity contribution in [3.05, 3.63) is 40.8 Å². The second-order valence-electron chi connectivity index (χ2n) is 5.06. The molecule has 3 heterocycles. The molecule has 122 valence electrons. The molecule has 0 aromatic carbocycles. The summed E-state index contributed by atoms with van der Waals surface area (Å²) >= 11 is 0. The molecule has 0 spiro atoms. The zero-order valence-electron chi connectivity index (χ0n) is 12.4. The zero-order valence-corrected chi connectivity index (χ0v) is 13.2. The summed E-state index contributed by atoms with van der Waals surface area (Å²) in [6.45, 7) is 7.11. The highest BCUT2D eigenvalue weighted by Gasteiger charge is 2.17. The van der Waals surface area contributed by atoms with Crippen molar-refractivity contribution >= 4 is 41.3 Å². The molecule has 1 fully saturated rings. The largest absolute Gasteiger partial charge is 0.477 e. The lowest BCUT2D eigenvalue weighted by atomic mass is 10.1. The van der Waals surface area contributed by atoms with Crippen LogP contribution in [0.4, 0.5) is 5.82 Å². The van der Waals surface area contributed by atoms with E-state index in [2.05, 4.69) is 21.8 Å². The Hall–Kier alpha value is -2.38. The first kappa shape index (κ1) is 17.0. The number of pyridine rings is 2. The van der Waals surface area contributed by atoms with Crippen molar-refractivity contribution < 1.29 is 9.90 Å². The molecule has 0 atom stereocenters. The lowest BCUT2D eigenvalue weighted by Crippen LogP contribution is -2.43. The van der Waals surface area contributed by atoms with Gasteiger partial charge < -0.3 is 19.9 Å². The summed E-state index contributed by atoms with van der Waals surface area (Å²) in [5.41, 5.74) is -0.211. The van der Waals surface area contributed by atoms with E-state index in [0.29, 0.717) is 5.52 Å². The summed E-state index contributed by atoms with van der Waals surface area (Å²) in [4.78, 5) is 29.8. The molecular formula is C15H17ClN4O3. The molecular weight excluding hydrogens is 320 g/mol. The fraction of sp³-hybridized carbons (Fsp3) is 0.267. The number of hydrogen-bond acceptors (Lipinski definition) is 5. The Morgan fingerprint density at radius 3 is 2.70 bits per heavy atom. The normalized spacial score (nSPS) is 14.3. The summed E-state index contributed by atoms with van der Waals surface area (Å²) < 4.78 is 1.55. The van der Waals surface area contributed by atoms with Crippen LogP contribution in [0, 0.1) is 0 Å².